The molecule has 0 aromatic carbocycles. The topological polar surface area (TPSA) is 220 Å². The van der Waals surface area contributed by atoms with Gasteiger partial charge in [0.05, 0.1) is 6.07 Å². The van der Waals surface area contributed by atoms with Crippen molar-refractivity contribution in [3.63, 3.8) is 0 Å². The third kappa shape index (κ3) is 18.7. The summed E-state index contributed by atoms with van der Waals surface area (Å²) in [5.74, 6) is 3.68. The molecule has 0 fully saturated rings. The Morgan fingerprint density at radius 1 is 0.364 bits per heavy atom. The van der Waals surface area contributed by atoms with E-state index in [9.17, 15) is 0 Å². The van der Waals surface area contributed by atoms with Crippen molar-refractivity contribution in [1.82, 2.24) is 49.8 Å². The summed E-state index contributed by atoms with van der Waals surface area (Å²) in [7, 11) is 0. The normalized spacial score (nSPS) is 8.91. The van der Waals surface area contributed by atoms with E-state index < -0.39 is 0 Å². The van der Waals surface area contributed by atoms with Gasteiger partial charge in [-0.25, -0.2) is 49.8 Å². The number of aromatic amines is 2. The van der Waals surface area contributed by atoms with Gasteiger partial charge in [-0.15, -0.1) is 0 Å². The molecule has 234 valence electrons. The van der Waals surface area contributed by atoms with Crippen molar-refractivity contribution in [3.05, 3.63) is 111 Å². The second kappa shape index (κ2) is 29.2. The van der Waals surface area contributed by atoms with Crippen LogP contribution in [0.1, 0.15) is 0 Å². The second-order valence-electron chi connectivity index (χ2n) is 6.66. The van der Waals surface area contributed by atoms with Gasteiger partial charge in [0.1, 0.15) is 0 Å². The van der Waals surface area contributed by atoms with E-state index in [1.54, 1.807) is 92.3 Å². The van der Waals surface area contributed by atoms with Crippen LogP contribution in [0.15, 0.2) is 111 Å². The van der Waals surface area contributed by atoms with E-state index in [-0.39, 0.29) is 11.0 Å². The van der Waals surface area contributed by atoms with Gasteiger partial charge in [0.25, 0.3) is 5.82 Å². The fourth-order valence-electron chi connectivity index (χ4n) is 2.57. The van der Waals surface area contributed by atoms with Gasteiger partial charge < -0.3 is 11.0 Å². The van der Waals surface area contributed by atoms with Crippen LogP contribution in [0.5, 0.6) is 0 Å². The van der Waals surface area contributed by atoms with Crippen LogP contribution in [0, 0.1) is 0 Å². The van der Waals surface area contributed by atoms with Crippen LogP contribution in [0.2, 0.25) is 0 Å². The van der Waals surface area contributed by atoms with Crippen molar-refractivity contribution < 1.29 is 47.4 Å². The second-order valence-corrected chi connectivity index (χ2v) is 39.2. The fourth-order valence-corrected chi connectivity index (χ4v) is 2.57. The maximum Gasteiger partial charge on any atom is 0.486 e. The standard InChI is InChI=1S/3C8H6N4.2I3.2H2O/c3*1-3-9-7(10-4-1)8-11-5-2-6-12-8;2*1-3-2;;/h3*1-6H;;;2*1H2/q;;;2*-1;;/p+2. The molecule has 14 nitrogen and oxygen atoms in total. The summed E-state index contributed by atoms with van der Waals surface area (Å²) < 4.78 is 0. The first-order valence-corrected chi connectivity index (χ1v) is 36.4. The van der Waals surface area contributed by atoms with Crippen LogP contribution < -0.4 is 36.5 Å². The largest absolute Gasteiger partial charge is 0.486 e. The van der Waals surface area contributed by atoms with Crippen LogP contribution in [0.3, 0.4) is 0 Å². The van der Waals surface area contributed by atoms with Crippen molar-refractivity contribution in [1.29, 1.82) is 0 Å². The number of halogens is 6. The minimum Gasteiger partial charge on any atom is -0.412 e. The van der Waals surface area contributed by atoms with Gasteiger partial charge >= 0.3 is 107 Å². The Balaban J connectivity index is 0.000000566. The molecule has 0 aliphatic rings. The molecule has 20 heteroatoms. The molecule has 0 atom stereocenters. The van der Waals surface area contributed by atoms with Crippen molar-refractivity contribution in [2.24, 2.45) is 0 Å². The Kier molecular flexibility index (Phi) is 28.4. The molecule has 0 aliphatic carbocycles. The van der Waals surface area contributed by atoms with Gasteiger partial charge in [0.15, 0.2) is 35.7 Å². The van der Waals surface area contributed by atoms with Crippen LogP contribution in [0.25, 0.3) is 34.9 Å². The Morgan fingerprint density at radius 2 is 0.568 bits per heavy atom. The zero-order valence-corrected chi connectivity index (χ0v) is 35.1. The van der Waals surface area contributed by atoms with Crippen molar-refractivity contribution in [2.45, 2.75) is 0 Å². The first-order chi connectivity index (χ1) is 20.7. The zero-order chi connectivity index (χ0) is 30.1. The van der Waals surface area contributed by atoms with Crippen LogP contribution in [-0.2, 0) is 0 Å². The van der Waals surface area contributed by atoms with Gasteiger partial charge in [0, 0.05) is 62.0 Å². The first kappa shape index (κ1) is 42.8. The molecule has 44 heavy (non-hydrogen) atoms. The molecule has 0 saturated carbocycles. The summed E-state index contributed by atoms with van der Waals surface area (Å²) in [6.45, 7) is 0. The fraction of sp³-hybridized carbons (Fsp3) is 0. The number of nitrogens with zero attached hydrogens (tertiary/aromatic N) is 10. The minimum atomic E-state index is 0. The third-order valence-corrected chi connectivity index (χ3v) is 4.10. The summed E-state index contributed by atoms with van der Waals surface area (Å²) in [5, 5.41) is 0. The predicted octanol–water partition coefficient (Wildman–Crippen LogP) is -2.46. The van der Waals surface area contributed by atoms with Gasteiger partial charge in [-0.05, 0) is 30.3 Å². The molecule has 6 aromatic heterocycles. The quantitative estimate of drug-likeness (QED) is 0.170. The molecule has 6 aromatic rings. The van der Waals surface area contributed by atoms with Gasteiger partial charge in [0.2, 0.25) is 0 Å². The van der Waals surface area contributed by atoms with Crippen LogP contribution in [0.4, 0.5) is 0 Å². The Hall–Kier alpha value is -1.22. The Morgan fingerprint density at radius 3 is 0.795 bits per heavy atom. The monoisotopic (exact) mass is 1270 g/mol. The van der Waals surface area contributed by atoms with Crippen molar-refractivity contribution in [3.8, 4) is 34.9 Å². The molecule has 6 heterocycles. The minimum absolute atomic E-state index is 0. The van der Waals surface area contributed by atoms with E-state index in [1.165, 1.54) is 0 Å². The summed E-state index contributed by atoms with van der Waals surface area (Å²) in [6.07, 6.45) is 20.4. The molecule has 0 aliphatic heterocycles. The number of nitrogens with one attached hydrogen (secondary N) is 2. The maximum atomic E-state index is 4.08. The molecular formula is C24H24I6N12O2. The van der Waals surface area contributed by atoms with E-state index in [0.29, 0.717) is 55.6 Å². The number of rotatable bonds is 3. The van der Waals surface area contributed by atoms with Gasteiger partial charge in [-0.2, -0.15) is 9.97 Å². The van der Waals surface area contributed by atoms with E-state index in [0.717, 1.165) is 5.82 Å². The van der Waals surface area contributed by atoms with E-state index in [4.69, 9.17) is 0 Å². The molecular weight excluding hydrogens is 1250 g/mol. The average Bonchev–Trinajstić information content (AvgIpc) is 3.09. The van der Waals surface area contributed by atoms with E-state index in [1.807, 2.05) is 18.5 Å². The number of hydrogen-bond acceptors (Lipinski definition) is 10. The van der Waals surface area contributed by atoms with Gasteiger partial charge in [-0.3, -0.25) is 0 Å². The Bertz CT molecular complexity index is 1170. The molecule has 0 spiro atoms. The Labute approximate surface area is 312 Å². The number of H-pyrrole nitrogens is 2. The molecule has 6 rings (SSSR count). The molecule has 6 N–H and O–H groups in total. The van der Waals surface area contributed by atoms with E-state index in [2.05, 4.69) is 134 Å². The van der Waals surface area contributed by atoms with Crippen LogP contribution >= 0.6 is 74.5 Å². The molecule has 0 unspecified atom stereocenters. The average molecular weight is 1270 g/mol. The van der Waals surface area contributed by atoms with Crippen molar-refractivity contribution >= 4 is 74.5 Å². The summed E-state index contributed by atoms with van der Waals surface area (Å²) in [6, 6.07) is 10.7. The van der Waals surface area contributed by atoms with Crippen LogP contribution in [-0.4, -0.2) is 60.8 Å². The summed E-state index contributed by atoms with van der Waals surface area (Å²) in [4.78, 5) is 46.3. The van der Waals surface area contributed by atoms with E-state index >= 15 is 0 Å². The predicted molar refractivity (Wildman–Crippen MR) is 190 cm³/mol. The molecule has 0 saturated heterocycles. The summed E-state index contributed by atoms with van der Waals surface area (Å²) >= 11 is 10.6. The third-order valence-electron chi connectivity index (χ3n) is 4.10. The molecule has 0 bridgehead atoms. The molecule has 0 amide bonds. The number of aromatic nitrogens is 12. The van der Waals surface area contributed by atoms with Crippen molar-refractivity contribution in [2.75, 3.05) is 0 Å². The van der Waals surface area contributed by atoms with Gasteiger partial charge in [-0.1, -0.05) is 0 Å². The molecule has 0 radical (unpaired) electrons. The SMILES string of the molecule is I[I-]I.I[I-]I.O.O.c1cnc(-c2[nH+]ccc[nH+]2)nc1.c1cnc(-c2ncccn2)nc1.c1cnc(-c2ncccn2)nc1. The maximum absolute atomic E-state index is 4.08. The smallest absolute Gasteiger partial charge is 0.412 e. The zero-order valence-electron chi connectivity index (χ0n) is 22.1. The summed E-state index contributed by atoms with van der Waals surface area (Å²) in [5.41, 5.74) is 0. The number of hydrogen-bond donors (Lipinski definition) is 0. The first-order valence-electron chi connectivity index (χ1n) is 11.2.